The Labute approximate surface area is 202 Å². The van der Waals surface area contributed by atoms with Gasteiger partial charge in [-0.05, 0) is 52.4 Å². The van der Waals surface area contributed by atoms with Crippen LogP contribution >= 0.6 is 22.6 Å². The summed E-state index contributed by atoms with van der Waals surface area (Å²) in [7, 11) is 1.44. The van der Waals surface area contributed by atoms with Gasteiger partial charge in [0.1, 0.15) is 24.1 Å². The van der Waals surface area contributed by atoms with Crippen LogP contribution in [0, 0.1) is 30.8 Å². The number of nitriles is 1. The van der Waals surface area contributed by atoms with E-state index >= 15 is 0 Å². The van der Waals surface area contributed by atoms with Gasteiger partial charge in [0.25, 0.3) is 5.69 Å². The molecular weight excluding hydrogens is 542 g/mol. The quantitative estimate of drug-likeness (QED) is 0.0876. The molecule has 3 aromatic carbocycles. The number of rotatable bonds is 8. The molecule has 7 nitrogen and oxygen atoms in total. The first kappa shape index (κ1) is 23.9. The number of Topliss-reactive ketones (excluding diaryl/α,β-unsaturated/α-hetero) is 1. The number of hydrogen-bond acceptors (Lipinski definition) is 6. The van der Waals surface area contributed by atoms with Crippen LogP contribution in [0.15, 0.2) is 66.2 Å². The molecule has 0 fully saturated rings. The van der Waals surface area contributed by atoms with Crippen molar-refractivity contribution in [3.63, 3.8) is 0 Å². The minimum atomic E-state index is -0.643. The van der Waals surface area contributed by atoms with Gasteiger partial charge in [0.15, 0.2) is 11.5 Å². The van der Waals surface area contributed by atoms with Crippen molar-refractivity contribution in [2.24, 2.45) is 0 Å². The summed E-state index contributed by atoms with van der Waals surface area (Å²) in [4.78, 5) is 23.1. The number of ketones is 1. The zero-order chi connectivity index (χ0) is 24.0. The van der Waals surface area contributed by atoms with E-state index < -0.39 is 10.7 Å². The molecule has 3 rings (SSSR count). The van der Waals surface area contributed by atoms with Gasteiger partial charge >= 0.3 is 0 Å². The molecule has 166 valence electrons. The first-order valence-electron chi connectivity index (χ1n) is 9.48. The number of hydrogen-bond donors (Lipinski definition) is 0. The second kappa shape index (κ2) is 10.7. The van der Waals surface area contributed by atoms with Crippen molar-refractivity contribution < 1.29 is 23.6 Å². The van der Waals surface area contributed by atoms with Crippen molar-refractivity contribution in [3.05, 3.63) is 102 Å². The fraction of sp³-hybridized carbons (Fsp3) is 0.0833. The van der Waals surface area contributed by atoms with E-state index in [-0.39, 0.29) is 29.2 Å². The molecule has 0 saturated carbocycles. The number of nitrogens with zero attached hydrogens (tertiary/aromatic N) is 2. The van der Waals surface area contributed by atoms with E-state index in [2.05, 4.69) is 0 Å². The van der Waals surface area contributed by atoms with Gasteiger partial charge in [0, 0.05) is 23.3 Å². The van der Waals surface area contributed by atoms with Crippen LogP contribution in [0.25, 0.3) is 6.08 Å². The topological polar surface area (TPSA) is 102 Å². The van der Waals surface area contributed by atoms with Crippen molar-refractivity contribution in [1.29, 1.82) is 5.26 Å². The molecule has 0 radical (unpaired) electrons. The molecule has 0 unspecified atom stereocenters. The Morgan fingerprint density at radius 2 is 1.97 bits per heavy atom. The molecule has 3 aromatic rings. The predicted molar refractivity (Wildman–Crippen MR) is 127 cm³/mol. The molecule has 9 heteroatoms. The molecular formula is C24H16FIN2O5. The maximum absolute atomic E-state index is 13.9. The lowest BCUT2D eigenvalue weighted by Gasteiger charge is -2.14. The van der Waals surface area contributed by atoms with E-state index in [1.54, 1.807) is 30.3 Å². The Kier molecular flexibility index (Phi) is 7.74. The predicted octanol–water partition coefficient (Wildman–Crippen LogP) is 5.72. The maximum atomic E-state index is 13.9. The third-order valence-corrected chi connectivity index (χ3v) is 5.38. The second-order valence-electron chi connectivity index (χ2n) is 6.72. The molecule has 0 aliphatic carbocycles. The number of carbonyl (C=O) groups excluding carboxylic acids is 1. The van der Waals surface area contributed by atoms with Crippen LogP contribution in [0.1, 0.15) is 21.5 Å². The zero-order valence-electron chi connectivity index (χ0n) is 17.2. The van der Waals surface area contributed by atoms with Gasteiger partial charge < -0.3 is 9.47 Å². The number of methoxy groups -OCH3 is 1. The third kappa shape index (κ3) is 5.72. The number of ether oxygens (including phenoxy) is 2. The maximum Gasteiger partial charge on any atom is 0.270 e. The number of non-ortho nitro benzene ring substituents is 1. The summed E-state index contributed by atoms with van der Waals surface area (Å²) in [5.74, 6) is -0.300. The average Bonchev–Trinajstić information content (AvgIpc) is 2.82. The molecule has 0 atom stereocenters. The van der Waals surface area contributed by atoms with Gasteiger partial charge in [0.2, 0.25) is 5.78 Å². The average molecular weight is 558 g/mol. The summed E-state index contributed by atoms with van der Waals surface area (Å²) in [6.07, 6.45) is 1.37. The van der Waals surface area contributed by atoms with Crippen molar-refractivity contribution in [2.45, 2.75) is 6.61 Å². The Hall–Kier alpha value is -3.78. The molecule has 33 heavy (non-hydrogen) atoms. The van der Waals surface area contributed by atoms with E-state index in [0.717, 1.165) is 6.07 Å². The Morgan fingerprint density at radius 1 is 1.21 bits per heavy atom. The summed E-state index contributed by atoms with van der Waals surface area (Å²) in [6, 6.07) is 16.5. The molecule has 0 amide bonds. The minimum Gasteiger partial charge on any atom is -0.493 e. The van der Waals surface area contributed by atoms with E-state index in [9.17, 15) is 24.6 Å². The standard InChI is InChI=1S/C24H16FIN2O5/c1-32-22-11-15(10-21(26)24(22)33-14-17-5-2-3-8-20(17)25)9-18(13-27)23(29)16-6-4-7-19(12-16)28(30)31/h2-12H,14H2,1H3/b18-9+. The molecule has 0 aliphatic heterocycles. The molecule has 0 saturated heterocycles. The first-order valence-corrected chi connectivity index (χ1v) is 10.6. The molecule has 0 heterocycles. The SMILES string of the molecule is COc1cc(/C=C(\C#N)C(=O)c2cccc([N+](=O)[O-])c2)cc(I)c1OCc1ccccc1F. The highest BCUT2D eigenvalue weighted by Gasteiger charge is 2.17. The van der Waals surface area contributed by atoms with Gasteiger partial charge in [-0.25, -0.2) is 4.39 Å². The van der Waals surface area contributed by atoms with Gasteiger partial charge in [-0.1, -0.05) is 30.3 Å². The Morgan fingerprint density at radius 3 is 2.64 bits per heavy atom. The lowest BCUT2D eigenvalue weighted by atomic mass is 10.0. The molecule has 0 spiro atoms. The number of halogens is 2. The summed E-state index contributed by atoms with van der Waals surface area (Å²) >= 11 is 2.01. The van der Waals surface area contributed by atoms with Crippen molar-refractivity contribution in [3.8, 4) is 17.6 Å². The van der Waals surface area contributed by atoms with E-state index in [1.165, 1.54) is 37.5 Å². The van der Waals surface area contributed by atoms with Crippen LogP contribution in [0.5, 0.6) is 11.5 Å². The fourth-order valence-electron chi connectivity index (χ4n) is 2.96. The third-order valence-electron chi connectivity index (χ3n) is 4.58. The number of carbonyl (C=O) groups is 1. The monoisotopic (exact) mass is 558 g/mol. The summed E-state index contributed by atoms with van der Waals surface area (Å²) in [5, 5.41) is 20.5. The van der Waals surface area contributed by atoms with Crippen molar-refractivity contribution in [2.75, 3.05) is 7.11 Å². The zero-order valence-corrected chi connectivity index (χ0v) is 19.4. The highest BCUT2D eigenvalue weighted by molar-refractivity contribution is 14.1. The normalized spacial score (nSPS) is 10.9. The lowest BCUT2D eigenvalue weighted by Crippen LogP contribution is -2.04. The number of nitro benzene ring substituents is 1. The summed E-state index contributed by atoms with van der Waals surface area (Å²) < 4.78 is 25.7. The minimum absolute atomic E-state index is 0.0110. The van der Waals surface area contributed by atoms with Crippen LogP contribution in [-0.4, -0.2) is 17.8 Å². The van der Waals surface area contributed by atoms with Crippen LogP contribution in [0.4, 0.5) is 10.1 Å². The second-order valence-corrected chi connectivity index (χ2v) is 7.88. The van der Waals surface area contributed by atoms with Crippen LogP contribution in [0.2, 0.25) is 0 Å². The van der Waals surface area contributed by atoms with Gasteiger partial charge in [-0.2, -0.15) is 5.26 Å². The first-order chi connectivity index (χ1) is 15.8. The molecule has 0 N–H and O–H groups in total. The number of benzene rings is 3. The lowest BCUT2D eigenvalue weighted by molar-refractivity contribution is -0.384. The smallest absolute Gasteiger partial charge is 0.270 e. The number of allylic oxidation sites excluding steroid dienone is 1. The van der Waals surface area contributed by atoms with Crippen LogP contribution in [-0.2, 0) is 6.61 Å². The highest BCUT2D eigenvalue weighted by atomic mass is 127. The van der Waals surface area contributed by atoms with Gasteiger partial charge in [0.05, 0.1) is 15.6 Å². The van der Waals surface area contributed by atoms with Crippen LogP contribution < -0.4 is 9.47 Å². The summed E-state index contributed by atoms with van der Waals surface area (Å²) in [6.45, 7) is -0.0110. The molecule has 0 aromatic heterocycles. The van der Waals surface area contributed by atoms with E-state index in [4.69, 9.17) is 9.47 Å². The molecule has 0 aliphatic rings. The Bertz CT molecular complexity index is 1300. The highest BCUT2D eigenvalue weighted by Crippen LogP contribution is 2.35. The van der Waals surface area contributed by atoms with Gasteiger partial charge in [-0.15, -0.1) is 0 Å². The van der Waals surface area contributed by atoms with Crippen molar-refractivity contribution in [1.82, 2.24) is 0 Å². The van der Waals surface area contributed by atoms with Crippen molar-refractivity contribution >= 4 is 40.1 Å². The number of nitro groups is 1. The van der Waals surface area contributed by atoms with Gasteiger partial charge in [-0.3, -0.25) is 14.9 Å². The largest absolute Gasteiger partial charge is 0.493 e. The van der Waals surface area contributed by atoms with Crippen LogP contribution in [0.3, 0.4) is 0 Å². The van der Waals surface area contributed by atoms with E-state index in [1.807, 2.05) is 28.7 Å². The fourth-order valence-corrected chi connectivity index (χ4v) is 3.74. The molecule has 0 bridgehead atoms. The van der Waals surface area contributed by atoms with E-state index in [0.29, 0.717) is 26.2 Å². The summed E-state index contributed by atoms with van der Waals surface area (Å²) in [5.41, 5.74) is 0.459. The Balaban J connectivity index is 1.90.